The van der Waals surface area contributed by atoms with Crippen LogP contribution >= 0.6 is 23.4 Å². The first-order valence-electron chi connectivity index (χ1n) is 8.40. The van der Waals surface area contributed by atoms with E-state index in [0.29, 0.717) is 10.7 Å². The fourth-order valence-electron chi connectivity index (χ4n) is 2.67. The summed E-state index contributed by atoms with van der Waals surface area (Å²) in [4.78, 5) is 31.0. The molecule has 1 amide bonds. The van der Waals surface area contributed by atoms with E-state index in [1.54, 1.807) is 18.3 Å². The summed E-state index contributed by atoms with van der Waals surface area (Å²) in [6.45, 7) is 0.0133. The van der Waals surface area contributed by atoms with Crippen molar-refractivity contribution in [2.75, 3.05) is 32.1 Å². The number of benzene rings is 1. The van der Waals surface area contributed by atoms with Gasteiger partial charge in [-0.2, -0.15) is 0 Å². The summed E-state index contributed by atoms with van der Waals surface area (Å²) >= 11 is 7.80. The lowest BCUT2D eigenvalue weighted by Crippen LogP contribution is -2.31. The van der Waals surface area contributed by atoms with E-state index < -0.39 is 5.97 Å². The highest BCUT2D eigenvalue weighted by Crippen LogP contribution is 2.34. The number of aliphatic hydroxyl groups excluding tert-OH is 1. The van der Waals surface area contributed by atoms with E-state index in [2.05, 4.69) is 10.3 Å². The number of ether oxygens (including phenoxy) is 1. The van der Waals surface area contributed by atoms with E-state index in [1.807, 2.05) is 24.3 Å². The predicted molar refractivity (Wildman–Crippen MR) is 106 cm³/mol. The molecule has 146 valence electrons. The number of methoxy groups -OCH3 is 1. The highest BCUT2D eigenvalue weighted by molar-refractivity contribution is 7.99. The summed E-state index contributed by atoms with van der Waals surface area (Å²) in [7, 11) is 1.26. The van der Waals surface area contributed by atoms with E-state index in [0.717, 1.165) is 9.92 Å². The molecule has 0 saturated carbocycles. The fraction of sp³-hybridized carbons (Fsp3) is 0.211. The Hall–Kier alpha value is -2.55. The number of hydrogen-bond donors (Lipinski definition) is 2. The average molecular weight is 420 g/mol. The van der Waals surface area contributed by atoms with Crippen LogP contribution in [0.3, 0.4) is 0 Å². The third kappa shape index (κ3) is 4.46. The van der Waals surface area contributed by atoms with Crippen molar-refractivity contribution in [2.24, 2.45) is 0 Å². The van der Waals surface area contributed by atoms with Crippen LogP contribution in [0.15, 0.2) is 63.8 Å². The van der Waals surface area contributed by atoms with E-state index >= 15 is 0 Å². The van der Waals surface area contributed by atoms with Crippen LogP contribution in [0.2, 0.25) is 5.02 Å². The van der Waals surface area contributed by atoms with Crippen LogP contribution in [0.4, 0.5) is 5.69 Å². The number of hydrogen-bond acceptors (Lipinski definition) is 7. The van der Waals surface area contributed by atoms with E-state index in [9.17, 15) is 9.59 Å². The van der Waals surface area contributed by atoms with Gasteiger partial charge in [0, 0.05) is 23.3 Å². The standard InChI is InChI=1S/C19H18ClN3O4S/c1-27-19(26)13-11-23(8-9-24)18(25)17(13)22-12-5-6-15(14(20)10-12)28-16-4-2-3-7-21-16/h2-7,10,22,24H,8-9,11H2,1H3. The summed E-state index contributed by atoms with van der Waals surface area (Å²) in [6.07, 6.45) is 1.71. The molecule has 0 radical (unpaired) electrons. The van der Waals surface area contributed by atoms with Crippen LogP contribution in [0.25, 0.3) is 0 Å². The zero-order valence-corrected chi connectivity index (χ0v) is 16.6. The summed E-state index contributed by atoms with van der Waals surface area (Å²) in [6, 6.07) is 10.9. The third-order valence-corrected chi connectivity index (χ3v) is 5.46. The van der Waals surface area contributed by atoms with Crippen molar-refractivity contribution >= 4 is 40.9 Å². The average Bonchev–Trinajstić information content (AvgIpc) is 3.00. The number of carbonyl (C=O) groups is 2. The Balaban J connectivity index is 1.82. The van der Waals surface area contributed by atoms with Gasteiger partial charge in [-0.15, -0.1) is 0 Å². The SMILES string of the molecule is COC(=O)C1=C(Nc2ccc(Sc3ccccn3)c(Cl)c2)C(=O)N(CCO)C1. The molecule has 0 bridgehead atoms. The molecule has 0 unspecified atom stereocenters. The molecule has 1 aromatic carbocycles. The summed E-state index contributed by atoms with van der Waals surface area (Å²) < 4.78 is 4.77. The van der Waals surface area contributed by atoms with E-state index in [-0.39, 0.29) is 36.9 Å². The fourth-order valence-corrected chi connectivity index (χ4v) is 3.75. The largest absolute Gasteiger partial charge is 0.466 e. The molecular formula is C19H18ClN3O4S. The normalized spacial score (nSPS) is 13.8. The molecular weight excluding hydrogens is 402 g/mol. The minimum Gasteiger partial charge on any atom is -0.466 e. The predicted octanol–water partition coefficient (Wildman–Crippen LogP) is 2.56. The summed E-state index contributed by atoms with van der Waals surface area (Å²) in [5.74, 6) is -0.970. The first-order chi connectivity index (χ1) is 13.5. The Morgan fingerprint density at radius 2 is 2.21 bits per heavy atom. The Morgan fingerprint density at radius 1 is 1.39 bits per heavy atom. The Kier molecular flexibility index (Phi) is 6.56. The Morgan fingerprint density at radius 3 is 2.86 bits per heavy atom. The molecule has 1 aliphatic heterocycles. The van der Waals surface area contributed by atoms with Crippen molar-refractivity contribution in [3.8, 4) is 0 Å². The number of nitrogens with zero attached hydrogens (tertiary/aromatic N) is 2. The lowest BCUT2D eigenvalue weighted by molar-refractivity contribution is -0.136. The van der Waals surface area contributed by atoms with Crippen LogP contribution < -0.4 is 5.32 Å². The van der Waals surface area contributed by atoms with Crippen LogP contribution in [0, 0.1) is 0 Å². The van der Waals surface area contributed by atoms with E-state index in [4.69, 9.17) is 21.4 Å². The number of halogens is 1. The van der Waals surface area contributed by atoms with Gasteiger partial charge < -0.3 is 20.1 Å². The molecule has 1 aromatic heterocycles. The number of β-amino-alcohol motifs (C(OH)–C–C–N with tert-alkyl or cyclic N) is 1. The van der Waals surface area contributed by atoms with Gasteiger partial charge in [0.05, 0.1) is 30.9 Å². The quantitative estimate of drug-likeness (QED) is 0.666. The van der Waals surface area contributed by atoms with Gasteiger partial charge in [0.2, 0.25) is 0 Å². The summed E-state index contributed by atoms with van der Waals surface area (Å²) in [5.41, 5.74) is 0.900. The highest BCUT2D eigenvalue weighted by atomic mass is 35.5. The number of nitrogens with one attached hydrogen (secondary N) is 1. The van der Waals surface area contributed by atoms with Gasteiger partial charge in [-0.25, -0.2) is 9.78 Å². The van der Waals surface area contributed by atoms with Crippen molar-refractivity contribution in [1.29, 1.82) is 0 Å². The zero-order chi connectivity index (χ0) is 20.1. The van der Waals surface area contributed by atoms with Crippen molar-refractivity contribution in [3.63, 3.8) is 0 Å². The van der Waals surface area contributed by atoms with Gasteiger partial charge >= 0.3 is 5.97 Å². The van der Waals surface area contributed by atoms with E-state index in [1.165, 1.54) is 23.8 Å². The molecule has 2 aromatic rings. The lowest BCUT2D eigenvalue weighted by atomic mass is 10.2. The zero-order valence-electron chi connectivity index (χ0n) is 15.0. The van der Waals surface area contributed by atoms with Gasteiger partial charge in [0.25, 0.3) is 5.91 Å². The lowest BCUT2D eigenvalue weighted by Gasteiger charge is -2.15. The molecule has 0 fully saturated rings. The van der Waals surface area contributed by atoms with Gasteiger partial charge in [-0.1, -0.05) is 29.4 Å². The first-order valence-corrected chi connectivity index (χ1v) is 9.60. The molecule has 0 aliphatic carbocycles. The molecule has 9 heteroatoms. The Bertz CT molecular complexity index is 921. The number of pyridine rings is 1. The van der Waals surface area contributed by atoms with Crippen LogP contribution in [-0.2, 0) is 14.3 Å². The second-order valence-corrected chi connectivity index (χ2v) is 7.31. The number of amides is 1. The van der Waals surface area contributed by atoms with Gasteiger partial charge in [-0.05, 0) is 30.3 Å². The second-order valence-electron chi connectivity index (χ2n) is 5.84. The number of rotatable bonds is 7. The highest BCUT2D eigenvalue weighted by Gasteiger charge is 2.34. The summed E-state index contributed by atoms with van der Waals surface area (Å²) in [5, 5.41) is 13.4. The number of aromatic nitrogens is 1. The van der Waals surface area contributed by atoms with Gasteiger partial charge in [0.15, 0.2) is 0 Å². The van der Waals surface area contributed by atoms with Crippen molar-refractivity contribution < 1.29 is 19.4 Å². The molecule has 1 aliphatic rings. The smallest absolute Gasteiger partial charge is 0.337 e. The molecule has 28 heavy (non-hydrogen) atoms. The Labute approximate surface area is 171 Å². The first kappa shape index (κ1) is 20.2. The third-order valence-electron chi connectivity index (χ3n) is 4.01. The molecule has 2 N–H and O–H groups in total. The molecule has 0 spiro atoms. The van der Waals surface area contributed by atoms with Crippen molar-refractivity contribution in [3.05, 3.63) is 58.9 Å². The molecule has 2 heterocycles. The maximum Gasteiger partial charge on any atom is 0.337 e. The van der Waals surface area contributed by atoms with Crippen LogP contribution in [0.5, 0.6) is 0 Å². The minimum atomic E-state index is -0.593. The van der Waals surface area contributed by atoms with Gasteiger partial charge in [-0.3, -0.25) is 4.79 Å². The second kappa shape index (κ2) is 9.09. The minimum absolute atomic E-state index is 0.0791. The van der Waals surface area contributed by atoms with Crippen LogP contribution in [0.1, 0.15) is 0 Å². The molecule has 0 saturated heterocycles. The maximum absolute atomic E-state index is 12.6. The number of esters is 1. The number of aliphatic hydroxyl groups is 1. The molecule has 0 atom stereocenters. The van der Waals surface area contributed by atoms with Gasteiger partial charge in [0.1, 0.15) is 10.7 Å². The van der Waals surface area contributed by atoms with Crippen molar-refractivity contribution in [2.45, 2.75) is 9.92 Å². The number of carbonyl (C=O) groups excluding carboxylic acids is 2. The number of anilines is 1. The van der Waals surface area contributed by atoms with Crippen molar-refractivity contribution in [1.82, 2.24) is 9.88 Å². The topological polar surface area (TPSA) is 91.8 Å². The maximum atomic E-state index is 12.6. The monoisotopic (exact) mass is 419 g/mol. The molecule has 3 rings (SSSR count). The molecule has 7 nitrogen and oxygen atoms in total. The van der Waals surface area contributed by atoms with Crippen LogP contribution in [-0.4, -0.2) is 53.7 Å².